The van der Waals surface area contributed by atoms with Gasteiger partial charge in [0.2, 0.25) is 0 Å². The van der Waals surface area contributed by atoms with Crippen molar-refractivity contribution in [2.75, 3.05) is 0 Å². The van der Waals surface area contributed by atoms with E-state index in [4.69, 9.17) is 16.7 Å². The predicted octanol–water partition coefficient (Wildman–Crippen LogP) is 5.29. The minimum absolute atomic E-state index is 0.0943. The van der Waals surface area contributed by atoms with E-state index >= 15 is 0 Å². The van der Waals surface area contributed by atoms with Gasteiger partial charge >= 0.3 is 6.09 Å². The van der Waals surface area contributed by atoms with E-state index < -0.39 is 6.09 Å². The molecule has 3 rings (SSSR count). The molecule has 0 aromatic heterocycles. The summed E-state index contributed by atoms with van der Waals surface area (Å²) in [5.41, 5.74) is 4.38. The fraction of sp³-hybridized carbons (Fsp3) is 0.316. The predicted molar refractivity (Wildman–Crippen MR) is 92.9 cm³/mol. The highest BCUT2D eigenvalue weighted by atomic mass is 35.5. The van der Waals surface area contributed by atoms with Gasteiger partial charge in [0.05, 0.1) is 6.04 Å². The van der Waals surface area contributed by atoms with Gasteiger partial charge in [-0.05, 0) is 52.6 Å². The first kappa shape index (κ1) is 15.9. The largest absolute Gasteiger partial charge is 0.465 e. The maximum absolute atomic E-state index is 11.2. The summed E-state index contributed by atoms with van der Waals surface area (Å²) in [7, 11) is 0. The van der Waals surface area contributed by atoms with Gasteiger partial charge in [0, 0.05) is 5.02 Å². The quantitative estimate of drug-likeness (QED) is 0.786. The number of carboxylic acid groups (broad SMARTS) is 1. The number of halogens is 1. The third-order valence-corrected chi connectivity index (χ3v) is 4.93. The van der Waals surface area contributed by atoms with Crippen molar-refractivity contribution in [3.63, 3.8) is 0 Å². The highest BCUT2D eigenvalue weighted by Crippen LogP contribution is 2.44. The summed E-state index contributed by atoms with van der Waals surface area (Å²) in [5, 5.41) is 12.6. The highest BCUT2D eigenvalue weighted by molar-refractivity contribution is 6.30. The van der Waals surface area contributed by atoms with Crippen LogP contribution in [0.25, 0.3) is 11.1 Å². The number of hydrogen-bond acceptors (Lipinski definition) is 1. The maximum Gasteiger partial charge on any atom is 0.405 e. The van der Waals surface area contributed by atoms with Gasteiger partial charge in [0.25, 0.3) is 0 Å². The van der Waals surface area contributed by atoms with E-state index in [-0.39, 0.29) is 11.5 Å². The average Bonchev–Trinajstić information content (AvgIpc) is 2.49. The second-order valence-corrected chi connectivity index (χ2v) is 7.23. The van der Waals surface area contributed by atoms with Gasteiger partial charge in [0.1, 0.15) is 0 Å². The number of carbonyl (C=O) groups is 1. The summed E-state index contributed by atoms with van der Waals surface area (Å²) >= 11 is 6.08. The lowest BCUT2D eigenvalue weighted by molar-refractivity contribution is 0.161. The summed E-state index contributed by atoms with van der Waals surface area (Å²) in [6.45, 7) is 4.23. The fourth-order valence-electron chi connectivity index (χ4n) is 3.37. The highest BCUT2D eigenvalue weighted by Gasteiger charge is 2.36. The van der Waals surface area contributed by atoms with Gasteiger partial charge in [-0.25, -0.2) is 4.79 Å². The second kappa shape index (κ2) is 5.89. The number of benzene rings is 2. The zero-order valence-electron chi connectivity index (χ0n) is 13.3. The molecule has 23 heavy (non-hydrogen) atoms. The minimum atomic E-state index is -0.977. The summed E-state index contributed by atoms with van der Waals surface area (Å²) in [6.07, 6.45) is 0.924. The first-order chi connectivity index (χ1) is 10.9. The molecule has 1 atom stereocenters. The number of hydrogen-bond donors (Lipinski definition) is 2. The lowest BCUT2D eigenvalue weighted by atomic mass is 9.70. The van der Waals surface area contributed by atoms with E-state index in [1.165, 1.54) is 5.56 Å². The van der Waals surface area contributed by atoms with Crippen LogP contribution in [-0.4, -0.2) is 11.2 Å². The van der Waals surface area contributed by atoms with E-state index in [1.807, 2.05) is 36.4 Å². The molecule has 0 radical (unpaired) electrons. The van der Waals surface area contributed by atoms with E-state index in [9.17, 15) is 4.79 Å². The van der Waals surface area contributed by atoms with Crippen LogP contribution in [0.1, 0.15) is 37.4 Å². The molecule has 0 saturated heterocycles. The Balaban J connectivity index is 2.02. The van der Waals surface area contributed by atoms with E-state index in [1.54, 1.807) is 0 Å². The molecule has 2 aromatic rings. The zero-order valence-corrected chi connectivity index (χ0v) is 14.0. The van der Waals surface area contributed by atoms with Gasteiger partial charge in [-0.1, -0.05) is 55.8 Å². The van der Waals surface area contributed by atoms with E-state index in [2.05, 4.69) is 25.2 Å². The third-order valence-electron chi connectivity index (χ3n) is 4.70. The average molecular weight is 330 g/mol. The van der Waals surface area contributed by atoms with Crippen molar-refractivity contribution in [2.45, 2.75) is 32.7 Å². The van der Waals surface area contributed by atoms with Crippen molar-refractivity contribution in [3.8, 4) is 11.1 Å². The Kier molecular flexibility index (Phi) is 4.07. The Labute approximate surface area is 141 Å². The lowest BCUT2D eigenvalue weighted by Crippen LogP contribution is -2.40. The standard InChI is InChI=1S/C19H20ClNO2/c1-19(2)9-8-14-10-13(12-4-3-5-15(20)11-12)6-7-16(14)17(19)21-18(22)23/h3-7,10-11,17,21H,8-9H2,1-2H3,(H,22,23)/t17-/m1/s1. The zero-order chi connectivity index (χ0) is 16.6. The van der Waals surface area contributed by atoms with E-state index in [0.29, 0.717) is 5.02 Å². The molecule has 0 spiro atoms. The van der Waals surface area contributed by atoms with Crippen molar-refractivity contribution in [1.29, 1.82) is 0 Å². The summed E-state index contributed by atoms with van der Waals surface area (Å²) in [5.74, 6) is 0. The first-order valence-corrected chi connectivity index (χ1v) is 8.13. The lowest BCUT2D eigenvalue weighted by Gasteiger charge is -2.40. The fourth-order valence-corrected chi connectivity index (χ4v) is 3.56. The molecule has 1 amide bonds. The maximum atomic E-state index is 11.2. The molecule has 4 heteroatoms. The molecule has 0 unspecified atom stereocenters. The SMILES string of the molecule is CC1(C)CCc2cc(-c3cccc(Cl)c3)ccc2[C@H]1NC(=O)O. The van der Waals surface area contributed by atoms with Crippen molar-refractivity contribution >= 4 is 17.7 Å². The van der Waals surface area contributed by atoms with E-state index in [0.717, 1.165) is 29.5 Å². The molecule has 2 aromatic carbocycles. The van der Waals surface area contributed by atoms with Crippen LogP contribution in [0.3, 0.4) is 0 Å². The third kappa shape index (κ3) is 3.20. The molecule has 0 aliphatic heterocycles. The Morgan fingerprint density at radius 3 is 2.65 bits per heavy atom. The molecule has 0 bridgehead atoms. The normalized spacial score (nSPS) is 19.0. The molecule has 0 fully saturated rings. The number of nitrogens with one attached hydrogen (secondary N) is 1. The van der Waals surface area contributed by atoms with Gasteiger partial charge in [0.15, 0.2) is 0 Å². The molecule has 3 nitrogen and oxygen atoms in total. The van der Waals surface area contributed by atoms with Gasteiger partial charge < -0.3 is 10.4 Å². The van der Waals surface area contributed by atoms with Crippen molar-refractivity contribution < 1.29 is 9.90 Å². The van der Waals surface area contributed by atoms with Crippen LogP contribution < -0.4 is 5.32 Å². The first-order valence-electron chi connectivity index (χ1n) is 7.75. The Morgan fingerprint density at radius 1 is 1.22 bits per heavy atom. The topological polar surface area (TPSA) is 49.3 Å². The number of fused-ring (bicyclic) bond motifs is 1. The number of rotatable bonds is 2. The van der Waals surface area contributed by atoms with Crippen LogP contribution in [0.15, 0.2) is 42.5 Å². The minimum Gasteiger partial charge on any atom is -0.465 e. The second-order valence-electron chi connectivity index (χ2n) is 6.80. The van der Waals surface area contributed by atoms with Gasteiger partial charge in [-0.3, -0.25) is 0 Å². The van der Waals surface area contributed by atoms with Crippen LogP contribution in [0, 0.1) is 5.41 Å². The van der Waals surface area contributed by atoms with Crippen molar-refractivity contribution in [1.82, 2.24) is 5.32 Å². The van der Waals surface area contributed by atoms with Crippen LogP contribution in [0.5, 0.6) is 0 Å². The molecule has 1 aliphatic carbocycles. The monoisotopic (exact) mass is 329 g/mol. The molecular weight excluding hydrogens is 310 g/mol. The number of amides is 1. The molecular formula is C19H20ClNO2. The smallest absolute Gasteiger partial charge is 0.405 e. The molecule has 120 valence electrons. The summed E-state index contributed by atoms with van der Waals surface area (Å²) in [4.78, 5) is 11.2. The van der Waals surface area contributed by atoms with Gasteiger partial charge in [-0.2, -0.15) is 0 Å². The number of aryl methyl sites for hydroxylation is 1. The summed E-state index contributed by atoms with van der Waals surface area (Å²) in [6, 6.07) is 13.9. The molecule has 0 saturated carbocycles. The van der Waals surface area contributed by atoms with Crippen LogP contribution in [-0.2, 0) is 6.42 Å². The van der Waals surface area contributed by atoms with Crippen LogP contribution in [0.2, 0.25) is 5.02 Å². The Bertz CT molecular complexity index is 755. The summed E-state index contributed by atoms with van der Waals surface area (Å²) < 4.78 is 0. The van der Waals surface area contributed by atoms with Crippen LogP contribution >= 0.6 is 11.6 Å². The Hall–Kier alpha value is -2.00. The van der Waals surface area contributed by atoms with Crippen LogP contribution in [0.4, 0.5) is 4.79 Å². The van der Waals surface area contributed by atoms with Crippen molar-refractivity contribution in [2.24, 2.45) is 5.41 Å². The van der Waals surface area contributed by atoms with Crippen molar-refractivity contribution in [3.05, 3.63) is 58.6 Å². The molecule has 2 N–H and O–H groups in total. The molecule has 0 heterocycles. The van der Waals surface area contributed by atoms with Gasteiger partial charge in [-0.15, -0.1) is 0 Å². The molecule has 1 aliphatic rings. The Morgan fingerprint density at radius 2 is 1.96 bits per heavy atom.